The SMILES string of the molecule is COc1ccc(NC(C)=O)cc1NC(=O)C1CCCN(c2nc3ccccc3s2)C1. The summed E-state index contributed by atoms with van der Waals surface area (Å²) >= 11 is 1.66. The highest BCUT2D eigenvalue weighted by Gasteiger charge is 2.28. The molecule has 1 aliphatic heterocycles. The molecule has 2 heterocycles. The van der Waals surface area contributed by atoms with Crippen molar-refractivity contribution in [1.82, 2.24) is 4.98 Å². The molecular formula is C22H24N4O3S. The van der Waals surface area contributed by atoms with E-state index in [0.29, 0.717) is 23.7 Å². The van der Waals surface area contributed by atoms with Crippen molar-refractivity contribution >= 4 is 49.9 Å². The predicted octanol–water partition coefficient (Wildman–Crippen LogP) is 4.12. The Morgan fingerprint density at radius 3 is 2.80 bits per heavy atom. The molecule has 0 saturated carbocycles. The van der Waals surface area contributed by atoms with Gasteiger partial charge in [-0.1, -0.05) is 23.5 Å². The lowest BCUT2D eigenvalue weighted by Crippen LogP contribution is -2.40. The van der Waals surface area contributed by atoms with Gasteiger partial charge >= 0.3 is 0 Å². The minimum absolute atomic E-state index is 0.0564. The standard InChI is InChI=1S/C22H24N4O3S/c1-14(27)23-16-9-10-19(29-2)18(12-16)24-21(28)15-6-5-11-26(13-15)22-25-17-7-3-4-8-20(17)30-22/h3-4,7-10,12,15H,5-6,11,13H2,1-2H3,(H,23,27)(H,24,28). The van der Waals surface area contributed by atoms with E-state index in [-0.39, 0.29) is 17.7 Å². The molecule has 7 nitrogen and oxygen atoms in total. The van der Waals surface area contributed by atoms with Gasteiger partial charge in [-0.25, -0.2) is 4.98 Å². The van der Waals surface area contributed by atoms with Crippen LogP contribution >= 0.6 is 11.3 Å². The van der Waals surface area contributed by atoms with Crippen molar-refractivity contribution < 1.29 is 14.3 Å². The maximum atomic E-state index is 13.0. The van der Waals surface area contributed by atoms with Crippen molar-refractivity contribution in [3.63, 3.8) is 0 Å². The molecule has 3 aromatic rings. The molecule has 0 spiro atoms. The number of nitrogens with zero attached hydrogens (tertiary/aromatic N) is 2. The van der Waals surface area contributed by atoms with Crippen molar-refractivity contribution in [1.29, 1.82) is 0 Å². The first-order chi connectivity index (χ1) is 14.5. The minimum atomic E-state index is -0.170. The van der Waals surface area contributed by atoms with Crippen molar-refractivity contribution in [2.75, 3.05) is 35.7 Å². The summed E-state index contributed by atoms with van der Waals surface area (Å²) in [6, 6.07) is 13.3. The molecule has 0 radical (unpaired) electrons. The normalized spacial score (nSPS) is 16.3. The van der Waals surface area contributed by atoms with Crippen LogP contribution in [0.15, 0.2) is 42.5 Å². The van der Waals surface area contributed by atoms with E-state index in [1.807, 2.05) is 18.2 Å². The molecule has 2 N–H and O–H groups in total. The van der Waals surface area contributed by atoms with Gasteiger partial charge in [0.15, 0.2) is 5.13 Å². The highest BCUT2D eigenvalue weighted by atomic mass is 32.1. The van der Waals surface area contributed by atoms with E-state index >= 15 is 0 Å². The van der Waals surface area contributed by atoms with E-state index in [1.165, 1.54) is 6.92 Å². The molecule has 2 aromatic carbocycles. The van der Waals surface area contributed by atoms with Crippen LogP contribution in [0.4, 0.5) is 16.5 Å². The van der Waals surface area contributed by atoms with Crippen LogP contribution in [-0.4, -0.2) is 37.0 Å². The van der Waals surface area contributed by atoms with Gasteiger partial charge in [-0.2, -0.15) is 0 Å². The van der Waals surface area contributed by atoms with E-state index in [2.05, 4.69) is 21.6 Å². The minimum Gasteiger partial charge on any atom is -0.495 e. The van der Waals surface area contributed by atoms with E-state index in [4.69, 9.17) is 9.72 Å². The number of amides is 2. The number of para-hydroxylation sites is 1. The van der Waals surface area contributed by atoms with Crippen LogP contribution in [-0.2, 0) is 9.59 Å². The average Bonchev–Trinajstić information content (AvgIpc) is 3.18. The Morgan fingerprint density at radius 1 is 1.20 bits per heavy atom. The highest BCUT2D eigenvalue weighted by molar-refractivity contribution is 7.22. The summed E-state index contributed by atoms with van der Waals surface area (Å²) in [5.74, 6) is 0.173. The predicted molar refractivity (Wildman–Crippen MR) is 120 cm³/mol. The summed E-state index contributed by atoms with van der Waals surface area (Å²) < 4.78 is 6.52. The van der Waals surface area contributed by atoms with Crippen LogP contribution in [0, 0.1) is 5.92 Å². The zero-order valence-electron chi connectivity index (χ0n) is 17.0. The second-order valence-electron chi connectivity index (χ2n) is 7.33. The summed E-state index contributed by atoms with van der Waals surface area (Å²) in [6.45, 7) is 2.96. The number of methoxy groups -OCH3 is 1. The topological polar surface area (TPSA) is 83.6 Å². The van der Waals surface area contributed by atoms with E-state index in [9.17, 15) is 9.59 Å². The van der Waals surface area contributed by atoms with Crippen molar-refractivity contribution in [3.8, 4) is 5.75 Å². The third kappa shape index (κ3) is 4.38. The smallest absolute Gasteiger partial charge is 0.229 e. The molecule has 1 unspecified atom stereocenters. The van der Waals surface area contributed by atoms with Crippen LogP contribution in [0.2, 0.25) is 0 Å². The number of thiazole rings is 1. The van der Waals surface area contributed by atoms with Crippen molar-refractivity contribution in [2.45, 2.75) is 19.8 Å². The van der Waals surface area contributed by atoms with Crippen LogP contribution in [0.1, 0.15) is 19.8 Å². The van der Waals surface area contributed by atoms with Gasteiger partial charge in [0.1, 0.15) is 5.75 Å². The number of aromatic nitrogens is 1. The number of anilines is 3. The molecule has 156 valence electrons. The molecule has 1 atom stereocenters. The summed E-state index contributed by atoms with van der Waals surface area (Å²) in [5.41, 5.74) is 2.15. The van der Waals surface area contributed by atoms with Crippen LogP contribution in [0.3, 0.4) is 0 Å². The summed E-state index contributed by atoms with van der Waals surface area (Å²) in [6.07, 6.45) is 1.75. The van der Waals surface area contributed by atoms with Crippen LogP contribution in [0.25, 0.3) is 10.2 Å². The number of hydrogen-bond acceptors (Lipinski definition) is 6. The number of fused-ring (bicyclic) bond motifs is 1. The van der Waals surface area contributed by atoms with Gasteiger partial charge in [0, 0.05) is 25.7 Å². The number of rotatable bonds is 5. The second-order valence-corrected chi connectivity index (χ2v) is 8.34. The van der Waals surface area contributed by atoms with Crippen LogP contribution in [0.5, 0.6) is 5.75 Å². The summed E-state index contributed by atoms with van der Waals surface area (Å²) in [5, 5.41) is 6.67. The number of ether oxygens (including phenoxy) is 1. The van der Waals surface area contributed by atoms with Crippen LogP contribution < -0.4 is 20.3 Å². The molecule has 8 heteroatoms. The molecule has 4 rings (SSSR count). The zero-order valence-corrected chi connectivity index (χ0v) is 17.8. The maximum absolute atomic E-state index is 13.0. The van der Waals surface area contributed by atoms with Gasteiger partial charge < -0.3 is 20.3 Å². The molecule has 1 aromatic heterocycles. The molecule has 30 heavy (non-hydrogen) atoms. The molecule has 1 aliphatic rings. The first kappa shape index (κ1) is 20.2. The Balaban J connectivity index is 1.48. The van der Waals surface area contributed by atoms with Crippen molar-refractivity contribution in [3.05, 3.63) is 42.5 Å². The van der Waals surface area contributed by atoms with Gasteiger partial charge in [0.2, 0.25) is 11.8 Å². The number of hydrogen-bond donors (Lipinski definition) is 2. The fourth-order valence-corrected chi connectivity index (χ4v) is 4.68. The van der Waals surface area contributed by atoms with E-state index < -0.39 is 0 Å². The number of benzene rings is 2. The third-order valence-corrected chi connectivity index (χ3v) is 6.22. The van der Waals surface area contributed by atoms with E-state index in [0.717, 1.165) is 34.7 Å². The molecule has 1 fully saturated rings. The lowest BCUT2D eigenvalue weighted by molar-refractivity contribution is -0.120. The van der Waals surface area contributed by atoms with Gasteiger partial charge in [0.25, 0.3) is 0 Å². The first-order valence-electron chi connectivity index (χ1n) is 9.90. The first-order valence-corrected chi connectivity index (χ1v) is 10.7. The number of piperidine rings is 1. The molecular weight excluding hydrogens is 400 g/mol. The van der Waals surface area contributed by atoms with Gasteiger partial charge in [-0.15, -0.1) is 0 Å². The molecule has 2 amide bonds. The average molecular weight is 425 g/mol. The largest absolute Gasteiger partial charge is 0.495 e. The summed E-state index contributed by atoms with van der Waals surface area (Å²) in [7, 11) is 1.55. The second kappa shape index (κ2) is 8.71. The zero-order chi connectivity index (χ0) is 21.1. The van der Waals surface area contributed by atoms with Gasteiger partial charge in [-0.3, -0.25) is 9.59 Å². The fraction of sp³-hybridized carbons (Fsp3) is 0.318. The highest BCUT2D eigenvalue weighted by Crippen LogP contribution is 2.33. The Labute approximate surface area is 179 Å². The van der Waals surface area contributed by atoms with Gasteiger partial charge in [0.05, 0.1) is 28.9 Å². The lowest BCUT2D eigenvalue weighted by Gasteiger charge is -2.31. The quantitative estimate of drug-likeness (QED) is 0.644. The summed E-state index contributed by atoms with van der Waals surface area (Å²) in [4.78, 5) is 31.3. The Bertz CT molecular complexity index is 1050. The maximum Gasteiger partial charge on any atom is 0.229 e. The Kier molecular flexibility index (Phi) is 5.85. The number of carbonyl (C=O) groups is 2. The monoisotopic (exact) mass is 424 g/mol. The Hall–Kier alpha value is -3.13. The third-order valence-electron chi connectivity index (χ3n) is 5.12. The molecule has 1 saturated heterocycles. The molecule has 0 bridgehead atoms. The van der Waals surface area contributed by atoms with Gasteiger partial charge in [-0.05, 0) is 43.2 Å². The Morgan fingerprint density at radius 2 is 2.03 bits per heavy atom. The fourth-order valence-electron chi connectivity index (χ4n) is 3.68. The number of carbonyl (C=O) groups excluding carboxylic acids is 2. The number of nitrogens with one attached hydrogen (secondary N) is 2. The van der Waals surface area contributed by atoms with Crippen molar-refractivity contribution in [2.24, 2.45) is 5.92 Å². The van der Waals surface area contributed by atoms with E-state index in [1.54, 1.807) is 36.6 Å². The lowest BCUT2D eigenvalue weighted by atomic mass is 9.97. The molecule has 0 aliphatic carbocycles.